The average molecular weight is 309 g/mol. The Bertz CT molecular complexity index is 810. The summed E-state index contributed by atoms with van der Waals surface area (Å²) in [6, 6.07) is 19.9. The highest BCUT2D eigenvalue weighted by Crippen LogP contribution is 2.24. The molecular weight excluding hydrogens is 289 g/mol. The van der Waals surface area contributed by atoms with Gasteiger partial charge in [-0.3, -0.25) is 0 Å². The zero-order valence-electron chi connectivity index (χ0n) is 13.3. The fourth-order valence-corrected chi connectivity index (χ4v) is 2.83. The molecule has 3 aromatic rings. The van der Waals surface area contributed by atoms with Crippen LogP contribution in [0.4, 0.5) is 4.39 Å². The van der Waals surface area contributed by atoms with Gasteiger partial charge in [-0.15, -0.1) is 0 Å². The van der Waals surface area contributed by atoms with E-state index in [0.717, 1.165) is 5.56 Å². The fourth-order valence-electron chi connectivity index (χ4n) is 2.83. The number of benzene rings is 3. The summed E-state index contributed by atoms with van der Waals surface area (Å²) in [5.74, 6) is -0.0551. The molecule has 0 radical (unpaired) electrons. The first-order valence-electron chi connectivity index (χ1n) is 7.72. The fraction of sp³-hybridized carbons (Fsp3) is 0.200. The van der Waals surface area contributed by atoms with Crippen LogP contribution in [0.5, 0.6) is 5.75 Å². The largest absolute Gasteiger partial charge is 0.494 e. The Balaban J connectivity index is 1.76. The van der Waals surface area contributed by atoms with Crippen molar-refractivity contribution in [2.45, 2.75) is 19.5 Å². The molecule has 0 aliphatic carbocycles. The number of nitrogens with one attached hydrogen (secondary N) is 1. The van der Waals surface area contributed by atoms with Crippen molar-refractivity contribution in [2.24, 2.45) is 0 Å². The van der Waals surface area contributed by atoms with Crippen molar-refractivity contribution in [3.63, 3.8) is 0 Å². The summed E-state index contributed by atoms with van der Waals surface area (Å²) in [5.41, 5.74) is 2.15. The number of fused-ring (bicyclic) bond motifs is 1. The number of rotatable bonds is 5. The lowest BCUT2D eigenvalue weighted by molar-refractivity contribution is 0.386. The van der Waals surface area contributed by atoms with Gasteiger partial charge in [-0.05, 0) is 41.0 Å². The van der Waals surface area contributed by atoms with Crippen molar-refractivity contribution in [3.8, 4) is 5.75 Å². The van der Waals surface area contributed by atoms with Gasteiger partial charge in [0.25, 0.3) is 0 Å². The smallest absolute Gasteiger partial charge is 0.165 e. The van der Waals surface area contributed by atoms with E-state index in [1.54, 1.807) is 6.07 Å². The van der Waals surface area contributed by atoms with E-state index < -0.39 is 0 Å². The molecule has 0 amide bonds. The molecule has 0 fully saturated rings. The molecule has 2 nitrogen and oxygen atoms in total. The lowest BCUT2D eigenvalue weighted by Crippen LogP contribution is -2.18. The first-order valence-corrected chi connectivity index (χ1v) is 7.72. The quantitative estimate of drug-likeness (QED) is 0.728. The molecule has 0 saturated carbocycles. The molecule has 0 aliphatic heterocycles. The van der Waals surface area contributed by atoms with E-state index in [1.807, 2.05) is 12.1 Å². The van der Waals surface area contributed by atoms with E-state index in [2.05, 4.69) is 48.6 Å². The van der Waals surface area contributed by atoms with Crippen molar-refractivity contribution < 1.29 is 9.13 Å². The standard InChI is InChI=1S/C20H20FNO/c1-14(17-9-5-7-16-6-3-4-8-18(16)17)22-13-15-10-11-20(23-2)19(21)12-15/h3-12,14,22H,13H2,1-2H3. The summed E-state index contributed by atoms with van der Waals surface area (Å²) < 4.78 is 18.7. The Morgan fingerprint density at radius 3 is 2.61 bits per heavy atom. The van der Waals surface area contributed by atoms with Crippen LogP contribution in [0.1, 0.15) is 24.1 Å². The van der Waals surface area contributed by atoms with Gasteiger partial charge in [-0.2, -0.15) is 0 Å². The van der Waals surface area contributed by atoms with Crippen LogP contribution in [-0.4, -0.2) is 7.11 Å². The summed E-state index contributed by atoms with van der Waals surface area (Å²) in [4.78, 5) is 0. The second-order valence-electron chi connectivity index (χ2n) is 5.64. The minimum Gasteiger partial charge on any atom is -0.494 e. The molecule has 1 N–H and O–H groups in total. The van der Waals surface area contributed by atoms with Gasteiger partial charge in [-0.25, -0.2) is 4.39 Å². The summed E-state index contributed by atoms with van der Waals surface area (Å²) in [6.45, 7) is 2.73. The lowest BCUT2D eigenvalue weighted by Gasteiger charge is -2.17. The number of hydrogen-bond donors (Lipinski definition) is 1. The van der Waals surface area contributed by atoms with Crippen LogP contribution in [0.2, 0.25) is 0 Å². The maximum atomic E-state index is 13.8. The molecule has 118 valence electrons. The zero-order chi connectivity index (χ0) is 16.2. The molecule has 0 heterocycles. The van der Waals surface area contributed by atoms with Gasteiger partial charge in [0.2, 0.25) is 0 Å². The van der Waals surface area contributed by atoms with Crippen LogP contribution in [0.25, 0.3) is 10.8 Å². The first kappa shape index (κ1) is 15.5. The van der Waals surface area contributed by atoms with Crippen LogP contribution in [0, 0.1) is 5.82 Å². The topological polar surface area (TPSA) is 21.3 Å². The van der Waals surface area contributed by atoms with Gasteiger partial charge in [0.15, 0.2) is 11.6 Å². The van der Waals surface area contributed by atoms with Gasteiger partial charge >= 0.3 is 0 Å². The molecule has 0 aliphatic rings. The molecule has 1 atom stereocenters. The van der Waals surface area contributed by atoms with E-state index in [4.69, 9.17) is 4.74 Å². The molecule has 0 saturated heterocycles. The van der Waals surface area contributed by atoms with Crippen molar-refractivity contribution in [1.82, 2.24) is 5.32 Å². The predicted molar refractivity (Wildman–Crippen MR) is 92.2 cm³/mol. The first-order chi connectivity index (χ1) is 11.2. The highest BCUT2D eigenvalue weighted by Gasteiger charge is 2.09. The summed E-state index contributed by atoms with van der Waals surface area (Å²) in [5, 5.41) is 5.94. The predicted octanol–water partition coefficient (Wildman–Crippen LogP) is 4.84. The van der Waals surface area contributed by atoms with Gasteiger partial charge in [0, 0.05) is 12.6 Å². The molecule has 3 aromatic carbocycles. The van der Waals surface area contributed by atoms with Crippen molar-refractivity contribution >= 4 is 10.8 Å². The maximum absolute atomic E-state index is 13.8. The van der Waals surface area contributed by atoms with Crippen molar-refractivity contribution in [3.05, 3.63) is 77.6 Å². The SMILES string of the molecule is COc1ccc(CNC(C)c2cccc3ccccc23)cc1F. The zero-order valence-corrected chi connectivity index (χ0v) is 13.3. The van der Waals surface area contributed by atoms with Crippen LogP contribution in [0.15, 0.2) is 60.7 Å². The summed E-state index contributed by atoms with van der Waals surface area (Å²) in [7, 11) is 1.47. The van der Waals surface area contributed by atoms with Gasteiger partial charge in [0.05, 0.1) is 7.11 Å². The van der Waals surface area contributed by atoms with E-state index in [9.17, 15) is 4.39 Å². The molecule has 23 heavy (non-hydrogen) atoms. The molecule has 0 spiro atoms. The molecule has 3 rings (SSSR count). The number of ether oxygens (including phenoxy) is 1. The third-order valence-corrected chi connectivity index (χ3v) is 4.12. The highest BCUT2D eigenvalue weighted by atomic mass is 19.1. The van der Waals surface area contributed by atoms with Crippen LogP contribution in [0.3, 0.4) is 0 Å². The molecule has 0 aromatic heterocycles. The Hall–Kier alpha value is -2.39. The van der Waals surface area contributed by atoms with Crippen molar-refractivity contribution in [2.75, 3.05) is 7.11 Å². The van der Waals surface area contributed by atoms with Gasteiger partial charge in [-0.1, -0.05) is 48.5 Å². The van der Waals surface area contributed by atoms with E-state index >= 15 is 0 Å². The second kappa shape index (κ2) is 6.80. The lowest BCUT2D eigenvalue weighted by atomic mass is 9.99. The third-order valence-electron chi connectivity index (χ3n) is 4.12. The van der Waals surface area contributed by atoms with E-state index in [1.165, 1.54) is 29.5 Å². The highest BCUT2D eigenvalue weighted by molar-refractivity contribution is 5.86. The van der Waals surface area contributed by atoms with Crippen molar-refractivity contribution in [1.29, 1.82) is 0 Å². The Kier molecular flexibility index (Phi) is 4.58. The van der Waals surface area contributed by atoms with Crippen LogP contribution < -0.4 is 10.1 Å². The minimum absolute atomic E-state index is 0.172. The number of hydrogen-bond acceptors (Lipinski definition) is 2. The van der Waals surface area contributed by atoms with Gasteiger partial charge in [0.1, 0.15) is 0 Å². The minimum atomic E-state index is -0.329. The Labute approximate surface area is 135 Å². The average Bonchev–Trinajstić information content (AvgIpc) is 2.59. The molecule has 1 unspecified atom stereocenters. The Morgan fingerprint density at radius 1 is 1.04 bits per heavy atom. The summed E-state index contributed by atoms with van der Waals surface area (Å²) >= 11 is 0. The third kappa shape index (κ3) is 3.35. The molecule has 0 bridgehead atoms. The second-order valence-corrected chi connectivity index (χ2v) is 5.64. The normalized spacial score (nSPS) is 12.3. The van der Waals surface area contributed by atoms with Crippen LogP contribution in [-0.2, 0) is 6.54 Å². The number of halogens is 1. The number of methoxy groups -OCH3 is 1. The summed E-state index contributed by atoms with van der Waals surface area (Å²) in [6.07, 6.45) is 0. The van der Waals surface area contributed by atoms with E-state index in [-0.39, 0.29) is 17.6 Å². The molecular formula is C20H20FNO. The Morgan fingerprint density at radius 2 is 1.83 bits per heavy atom. The maximum Gasteiger partial charge on any atom is 0.165 e. The monoisotopic (exact) mass is 309 g/mol. The molecule has 3 heteroatoms. The van der Waals surface area contributed by atoms with Gasteiger partial charge < -0.3 is 10.1 Å². The van der Waals surface area contributed by atoms with E-state index in [0.29, 0.717) is 6.54 Å². The van der Waals surface area contributed by atoms with Crippen LogP contribution >= 0.6 is 0 Å².